The van der Waals surface area contributed by atoms with Crippen LogP contribution in [0.2, 0.25) is 10.0 Å². The van der Waals surface area contributed by atoms with Gasteiger partial charge in [-0.1, -0.05) is 43.5 Å². The molecule has 0 aliphatic carbocycles. The molecule has 1 aromatic carbocycles. The summed E-state index contributed by atoms with van der Waals surface area (Å²) in [6.45, 7) is 4.60. The zero-order valence-electron chi connectivity index (χ0n) is 11.9. The average Bonchev–Trinajstić information content (AvgIpc) is 2.39. The molecule has 1 unspecified atom stereocenters. The van der Waals surface area contributed by atoms with Crippen LogP contribution < -0.4 is 0 Å². The van der Waals surface area contributed by atoms with E-state index < -0.39 is 9.05 Å². The van der Waals surface area contributed by atoms with Gasteiger partial charge in [0.2, 0.25) is 0 Å². The van der Waals surface area contributed by atoms with E-state index in [2.05, 4.69) is 0 Å². The van der Waals surface area contributed by atoms with Gasteiger partial charge in [0.25, 0.3) is 15.0 Å². The highest BCUT2D eigenvalue weighted by Gasteiger charge is 2.22. The third-order valence-corrected chi connectivity index (χ3v) is 5.39. The smallest absolute Gasteiger partial charge is 0.262 e. The van der Waals surface area contributed by atoms with Crippen LogP contribution in [0.5, 0.6) is 0 Å². The minimum Gasteiger partial charge on any atom is -0.341 e. The fraction of sp³-hybridized carbons (Fsp3) is 0.462. The highest BCUT2D eigenvalue weighted by molar-refractivity contribution is 8.13. The van der Waals surface area contributed by atoms with Crippen LogP contribution in [0.1, 0.15) is 30.6 Å². The molecule has 118 valence electrons. The Bertz CT molecular complexity index is 646. The molecule has 0 N–H and O–H groups in total. The van der Waals surface area contributed by atoms with Crippen molar-refractivity contribution < 1.29 is 13.2 Å². The molecule has 8 heteroatoms. The molecular formula is C13H16Cl3NO3S. The maximum absolute atomic E-state index is 12.3. The molecule has 0 aliphatic heterocycles. The lowest BCUT2D eigenvalue weighted by atomic mass is 10.1. The van der Waals surface area contributed by atoms with Gasteiger partial charge in [0, 0.05) is 29.8 Å². The van der Waals surface area contributed by atoms with Crippen molar-refractivity contribution in [2.45, 2.75) is 25.2 Å². The van der Waals surface area contributed by atoms with Gasteiger partial charge < -0.3 is 4.90 Å². The first kappa shape index (κ1) is 18.6. The molecule has 0 spiro atoms. The normalized spacial score (nSPS) is 13.0. The number of carbonyl (C=O) groups excluding carboxylic acids is 1. The predicted molar refractivity (Wildman–Crippen MR) is 85.9 cm³/mol. The zero-order chi connectivity index (χ0) is 16.4. The molecule has 1 aromatic rings. The summed E-state index contributed by atoms with van der Waals surface area (Å²) in [7, 11) is 2.87. The van der Waals surface area contributed by atoms with E-state index in [4.69, 9.17) is 33.9 Å². The van der Waals surface area contributed by atoms with Crippen molar-refractivity contribution in [1.82, 2.24) is 4.90 Å². The van der Waals surface area contributed by atoms with E-state index in [1.807, 2.05) is 13.8 Å². The largest absolute Gasteiger partial charge is 0.341 e. The Labute approximate surface area is 139 Å². The van der Waals surface area contributed by atoms with Crippen molar-refractivity contribution in [3.05, 3.63) is 27.7 Å². The summed E-state index contributed by atoms with van der Waals surface area (Å²) in [6.07, 6.45) is 0.931. The summed E-state index contributed by atoms with van der Waals surface area (Å²) in [5.74, 6) is -0.00612. The van der Waals surface area contributed by atoms with Crippen molar-refractivity contribution in [1.29, 1.82) is 0 Å². The Hall–Kier alpha value is -0.490. The zero-order valence-corrected chi connectivity index (χ0v) is 14.9. The van der Waals surface area contributed by atoms with Crippen LogP contribution in [0.4, 0.5) is 0 Å². The van der Waals surface area contributed by atoms with Gasteiger partial charge in [-0.25, -0.2) is 8.42 Å². The van der Waals surface area contributed by atoms with Gasteiger partial charge in [0.05, 0.1) is 10.0 Å². The van der Waals surface area contributed by atoms with E-state index in [0.29, 0.717) is 12.5 Å². The third-order valence-electron chi connectivity index (χ3n) is 3.13. The summed E-state index contributed by atoms with van der Waals surface area (Å²) in [6, 6.07) is 2.48. The summed E-state index contributed by atoms with van der Waals surface area (Å²) >= 11 is 11.7. The summed E-state index contributed by atoms with van der Waals surface area (Å²) in [4.78, 5) is 13.5. The number of rotatable bonds is 5. The Kier molecular flexibility index (Phi) is 6.35. The fourth-order valence-corrected chi connectivity index (χ4v) is 3.53. The van der Waals surface area contributed by atoms with Crippen LogP contribution in [0.25, 0.3) is 0 Å². The topological polar surface area (TPSA) is 54.5 Å². The lowest BCUT2D eigenvalue weighted by Crippen LogP contribution is -2.31. The quantitative estimate of drug-likeness (QED) is 0.733. The van der Waals surface area contributed by atoms with Gasteiger partial charge >= 0.3 is 0 Å². The van der Waals surface area contributed by atoms with Gasteiger partial charge in [0.1, 0.15) is 4.90 Å². The van der Waals surface area contributed by atoms with Crippen LogP contribution in [0, 0.1) is 5.92 Å². The Morgan fingerprint density at radius 2 is 1.90 bits per heavy atom. The molecule has 21 heavy (non-hydrogen) atoms. The molecule has 1 atom stereocenters. The van der Waals surface area contributed by atoms with Gasteiger partial charge in [-0.15, -0.1) is 0 Å². The Morgan fingerprint density at radius 1 is 1.33 bits per heavy atom. The monoisotopic (exact) mass is 371 g/mol. The number of halogens is 3. The van der Waals surface area contributed by atoms with Crippen LogP contribution >= 0.6 is 33.9 Å². The van der Waals surface area contributed by atoms with E-state index >= 15 is 0 Å². The first-order chi connectivity index (χ1) is 9.57. The van der Waals surface area contributed by atoms with E-state index in [1.54, 1.807) is 7.05 Å². The lowest BCUT2D eigenvalue weighted by molar-refractivity contribution is 0.0774. The van der Waals surface area contributed by atoms with Crippen molar-refractivity contribution in [2.75, 3.05) is 13.6 Å². The summed E-state index contributed by atoms with van der Waals surface area (Å²) in [5, 5.41) is -0.216. The third kappa shape index (κ3) is 4.74. The predicted octanol–water partition coefficient (Wildman–Crippen LogP) is 4.04. The highest BCUT2D eigenvalue weighted by Crippen LogP contribution is 2.33. The molecule has 0 heterocycles. The first-order valence-corrected chi connectivity index (χ1v) is 9.33. The molecule has 0 fully saturated rings. The SMILES string of the molecule is CCC(C)CN(C)C(=O)c1cc(Cl)c(Cl)c(S(=O)(=O)Cl)c1. The van der Waals surface area contributed by atoms with Crippen LogP contribution in [0.3, 0.4) is 0 Å². The van der Waals surface area contributed by atoms with E-state index in [1.165, 1.54) is 11.0 Å². The molecule has 0 aromatic heterocycles. The molecular weight excluding hydrogens is 357 g/mol. The molecule has 0 radical (unpaired) electrons. The number of hydrogen-bond acceptors (Lipinski definition) is 3. The maximum atomic E-state index is 12.3. The standard InChI is InChI=1S/C13H16Cl3NO3S/c1-4-8(2)7-17(3)13(18)9-5-10(14)12(15)11(6-9)21(16,19)20/h5-6,8H,4,7H2,1-3H3. The van der Waals surface area contributed by atoms with Gasteiger partial charge in [-0.05, 0) is 18.1 Å². The van der Waals surface area contributed by atoms with E-state index in [-0.39, 0.29) is 26.4 Å². The molecule has 0 bridgehead atoms. The van der Waals surface area contributed by atoms with Gasteiger partial charge in [0.15, 0.2) is 0 Å². The first-order valence-electron chi connectivity index (χ1n) is 6.27. The fourth-order valence-electron chi connectivity index (χ4n) is 1.76. The van der Waals surface area contributed by atoms with Gasteiger partial charge in [-0.2, -0.15) is 0 Å². The molecule has 0 aliphatic rings. The average molecular weight is 373 g/mol. The van der Waals surface area contributed by atoms with Crippen LogP contribution in [-0.2, 0) is 9.05 Å². The highest BCUT2D eigenvalue weighted by atomic mass is 35.7. The Balaban J connectivity index is 3.20. The second-order valence-electron chi connectivity index (χ2n) is 4.91. The number of amides is 1. The Morgan fingerprint density at radius 3 is 2.38 bits per heavy atom. The number of carbonyl (C=O) groups is 1. The molecule has 0 saturated heterocycles. The van der Waals surface area contributed by atoms with Crippen molar-refractivity contribution in [3.63, 3.8) is 0 Å². The molecule has 1 rings (SSSR count). The number of hydrogen-bond donors (Lipinski definition) is 0. The van der Waals surface area contributed by atoms with Crippen molar-refractivity contribution >= 4 is 48.8 Å². The summed E-state index contributed by atoms with van der Waals surface area (Å²) < 4.78 is 22.9. The minimum absolute atomic E-state index is 0.0290. The minimum atomic E-state index is -4.08. The molecule has 0 saturated carbocycles. The van der Waals surface area contributed by atoms with E-state index in [9.17, 15) is 13.2 Å². The van der Waals surface area contributed by atoms with Crippen molar-refractivity contribution in [3.8, 4) is 0 Å². The number of benzene rings is 1. The maximum Gasteiger partial charge on any atom is 0.262 e. The van der Waals surface area contributed by atoms with Gasteiger partial charge in [-0.3, -0.25) is 4.79 Å². The van der Waals surface area contributed by atoms with Crippen LogP contribution in [-0.4, -0.2) is 32.8 Å². The summed E-state index contributed by atoms with van der Waals surface area (Å²) in [5.41, 5.74) is 0.134. The second kappa shape index (κ2) is 7.18. The number of nitrogens with zero attached hydrogens (tertiary/aromatic N) is 1. The van der Waals surface area contributed by atoms with E-state index in [0.717, 1.165) is 12.5 Å². The second-order valence-corrected chi connectivity index (χ2v) is 8.23. The van der Waals surface area contributed by atoms with Crippen LogP contribution in [0.15, 0.2) is 17.0 Å². The lowest BCUT2D eigenvalue weighted by Gasteiger charge is -2.21. The molecule has 1 amide bonds. The molecule has 4 nitrogen and oxygen atoms in total. The van der Waals surface area contributed by atoms with Crippen molar-refractivity contribution in [2.24, 2.45) is 5.92 Å².